The Bertz CT molecular complexity index is 591. The predicted octanol–water partition coefficient (Wildman–Crippen LogP) is 2.20. The lowest BCUT2D eigenvalue weighted by molar-refractivity contribution is 1.51. The van der Waals surface area contributed by atoms with Crippen molar-refractivity contribution in [2.24, 2.45) is 11.5 Å². The molecule has 0 aliphatic heterocycles. The fraction of sp³-hybridized carbons (Fsp3) is 0.0769. The standard InChI is InChI=1S/C13H12N2/c1-7-5-6-10-11-8(7)3-2-4-9(11)12(14)13(10)15/h2-6H,14-15H2,1H3. The fourth-order valence-electron chi connectivity index (χ4n) is 2.29. The quantitative estimate of drug-likeness (QED) is 0.678. The summed E-state index contributed by atoms with van der Waals surface area (Å²) in [5, 5.41) is 2.45. The molecule has 0 saturated carbocycles. The summed E-state index contributed by atoms with van der Waals surface area (Å²) in [4.78, 5) is 0. The van der Waals surface area contributed by atoms with Crippen LogP contribution in [0.25, 0.3) is 22.2 Å². The van der Waals surface area contributed by atoms with E-state index >= 15 is 0 Å². The minimum absolute atomic E-state index is 0.709. The maximum absolute atomic E-state index is 5.99. The molecule has 0 heterocycles. The van der Waals surface area contributed by atoms with Gasteiger partial charge in [-0.25, -0.2) is 0 Å². The average Bonchev–Trinajstić information content (AvgIpc) is 2.50. The Morgan fingerprint density at radius 3 is 2.27 bits per heavy atom. The molecule has 15 heavy (non-hydrogen) atoms. The third kappa shape index (κ3) is 0.885. The van der Waals surface area contributed by atoms with Crippen molar-refractivity contribution in [3.05, 3.63) is 47.0 Å². The maximum Gasteiger partial charge on any atom is 0.0634 e. The highest BCUT2D eigenvalue weighted by atomic mass is 14.7. The molecule has 1 aliphatic carbocycles. The van der Waals surface area contributed by atoms with Crippen LogP contribution in [0, 0.1) is 6.92 Å². The second-order valence-electron chi connectivity index (χ2n) is 3.99. The molecule has 0 bridgehead atoms. The molecule has 2 heteroatoms. The lowest BCUT2D eigenvalue weighted by Crippen LogP contribution is -2.01. The number of aryl methyl sites for hydroxylation is 1. The summed E-state index contributed by atoms with van der Waals surface area (Å²) in [6.45, 7) is 2.10. The van der Waals surface area contributed by atoms with Crippen LogP contribution in [0.5, 0.6) is 0 Å². The monoisotopic (exact) mass is 196 g/mol. The van der Waals surface area contributed by atoms with Crippen LogP contribution in [-0.4, -0.2) is 0 Å². The summed E-state index contributed by atoms with van der Waals surface area (Å²) in [6.07, 6.45) is 0. The smallest absolute Gasteiger partial charge is 0.0634 e. The largest absolute Gasteiger partial charge is 0.397 e. The maximum atomic E-state index is 5.99. The summed E-state index contributed by atoms with van der Waals surface area (Å²) in [6, 6.07) is 10.3. The molecule has 0 spiro atoms. The minimum atomic E-state index is 0.709. The predicted molar refractivity (Wildman–Crippen MR) is 63.9 cm³/mol. The average molecular weight is 196 g/mol. The molecular formula is C13H12N2. The van der Waals surface area contributed by atoms with Crippen LogP contribution in [0.15, 0.2) is 30.3 Å². The SMILES string of the molecule is Cc1ccc2c3c(cccc13)C(N)=C2N. The van der Waals surface area contributed by atoms with Crippen molar-refractivity contribution in [1.82, 2.24) is 0 Å². The molecule has 0 unspecified atom stereocenters. The Balaban J connectivity index is 2.59. The van der Waals surface area contributed by atoms with Crippen molar-refractivity contribution in [3.8, 4) is 0 Å². The number of benzene rings is 2. The fourth-order valence-corrected chi connectivity index (χ4v) is 2.29. The van der Waals surface area contributed by atoms with Crippen molar-refractivity contribution in [3.63, 3.8) is 0 Å². The second kappa shape index (κ2) is 2.54. The molecular weight excluding hydrogens is 184 g/mol. The zero-order chi connectivity index (χ0) is 10.6. The summed E-state index contributed by atoms with van der Waals surface area (Å²) in [5.74, 6) is 0. The summed E-state index contributed by atoms with van der Waals surface area (Å²) in [5.41, 5.74) is 16.8. The summed E-state index contributed by atoms with van der Waals surface area (Å²) in [7, 11) is 0. The molecule has 1 aliphatic rings. The zero-order valence-corrected chi connectivity index (χ0v) is 8.54. The zero-order valence-electron chi connectivity index (χ0n) is 8.54. The molecule has 0 aromatic heterocycles. The Hall–Kier alpha value is -1.96. The number of rotatable bonds is 0. The van der Waals surface area contributed by atoms with Crippen molar-refractivity contribution in [2.75, 3.05) is 0 Å². The van der Waals surface area contributed by atoms with Gasteiger partial charge >= 0.3 is 0 Å². The van der Waals surface area contributed by atoms with Crippen LogP contribution in [-0.2, 0) is 0 Å². The Kier molecular flexibility index (Phi) is 1.41. The molecule has 0 fully saturated rings. The van der Waals surface area contributed by atoms with Gasteiger partial charge in [0.05, 0.1) is 11.4 Å². The summed E-state index contributed by atoms with van der Waals surface area (Å²) >= 11 is 0. The summed E-state index contributed by atoms with van der Waals surface area (Å²) < 4.78 is 0. The van der Waals surface area contributed by atoms with Crippen LogP contribution in [0.2, 0.25) is 0 Å². The Labute approximate surface area is 88.2 Å². The van der Waals surface area contributed by atoms with Gasteiger partial charge in [-0.2, -0.15) is 0 Å². The highest BCUT2D eigenvalue weighted by molar-refractivity contribution is 6.12. The normalized spacial score (nSPS) is 13.9. The van der Waals surface area contributed by atoms with E-state index in [-0.39, 0.29) is 0 Å². The van der Waals surface area contributed by atoms with Gasteiger partial charge in [0, 0.05) is 16.5 Å². The van der Waals surface area contributed by atoms with E-state index in [1.54, 1.807) is 0 Å². The van der Waals surface area contributed by atoms with Crippen molar-refractivity contribution in [1.29, 1.82) is 0 Å². The van der Waals surface area contributed by atoms with Crippen molar-refractivity contribution < 1.29 is 0 Å². The van der Waals surface area contributed by atoms with Gasteiger partial charge in [-0.1, -0.05) is 30.3 Å². The molecule has 2 aromatic rings. The number of hydrogen-bond donors (Lipinski definition) is 2. The molecule has 0 amide bonds. The lowest BCUT2D eigenvalue weighted by atomic mass is 9.99. The van der Waals surface area contributed by atoms with E-state index in [0.29, 0.717) is 11.4 Å². The molecule has 2 nitrogen and oxygen atoms in total. The van der Waals surface area contributed by atoms with Gasteiger partial charge in [0.15, 0.2) is 0 Å². The minimum Gasteiger partial charge on any atom is -0.397 e. The van der Waals surface area contributed by atoms with E-state index in [4.69, 9.17) is 11.5 Å². The van der Waals surface area contributed by atoms with Gasteiger partial charge in [-0.15, -0.1) is 0 Å². The van der Waals surface area contributed by atoms with E-state index in [9.17, 15) is 0 Å². The van der Waals surface area contributed by atoms with Crippen LogP contribution >= 0.6 is 0 Å². The molecule has 3 rings (SSSR count). The van der Waals surface area contributed by atoms with Crippen LogP contribution in [0.4, 0.5) is 0 Å². The first-order valence-electron chi connectivity index (χ1n) is 4.98. The number of hydrogen-bond acceptors (Lipinski definition) is 2. The highest BCUT2D eigenvalue weighted by Crippen LogP contribution is 2.38. The van der Waals surface area contributed by atoms with E-state index in [1.807, 2.05) is 12.1 Å². The van der Waals surface area contributed by atoms with Gasteiger partial charge in [-0.05, 0) is 17.9 Å². The van der Waals surface area contributed by atoms with Gasteiger partial charge in [0.25, 0.3) is 0 Å². The van der Waals surface area contributed by atoms with E-state index in [1.165, 1.54) is 16.3 Å². The Morgan fingerprint density at radius 1 is 0.867 bits per heavy atom. The molecule has 0 atom stereocenters. The lowest BCUT2D eigenvalue weighted by Gasteiger charge is -2.05. The van der Waals surface area contributed by atoms with E-state index in [2.05, 4.69) is 25.1 Å². The first-order chi connectivity index (χ1) is 7.20. The molecule has 0 saturated heterocycles. The van der Waals surface area contributed by atoms with Gasteiger partial charge in [0.2, 0.25) is 0 Å². The first-order valence-corrected chi connectivity index (χ1v) is 4.98. The van der Waals surface area contributed by atoms with E-state index in [0.717, 1.165) is 11.1 Å². The second-order valence-corrected chi connectivity index (χ2v) is 3.99. The molecule has 0 radical (unpaired) electrons. The van der Waals surface area contributed by atoms with Crippen molar-refractivity contribution >= 4 is 22.2 Å². The van der Waals surface area contributed by atoms with Crippen molar-refractivity contribution in [2.45, 2.75) is 6.92 Å². The third-order valence-electron chi connectivity index (χ3n) is 3.13. The highest BCUT2D eigenvalue weighted by Gasteiger charge is 2.20. The molecule has 4 N–H and O–H groups in total. The third-order valence-corrected chi connectivity index (χ3v) is 3.13. The topological polar surface area (TPSA) is 52.0 Å². The molecule has 74 valence electrons. The van der Waals surface area contributed by atoms with Gasteiger partial charge < -0.3 is 11.5 Å². The Morgan fingerprint density at radius 2 is 1.53 bits per heavy atom. The molecule has 2 aromatic carbocycles. The van der Waals surface area contributed by atoms with E-state index < -0.39 is 0 Å². The van der Waals surface area contributed by atoms with Gasteiger partial charge in [0.1, 0.15) is 0 Å². The van der Waals surface area contributed by atoms with Crippen LogP contribution < -0.4 is 11.5 Å². The van der Waals surface area contributed by atoms with Gasteiger partial charge in [-0.3, -0.25) is 0 Å². The first kappa shape index (κ1) is 8.36. The van der Waals surface area contributed by atoms with Crippen LogP contribution in [0.1, 0.15) is 16.7 Å². The van der Waals surface area contributed by atoms with Crippen LogP contribution in [0.3, 0.4) is 0 Å². The number of nitrogens with two attached hydrogens (primary N) is 2.